The summed E-state index contributed by atoms with van der Waals surface area (Å²) >= 11 is 0. The maximum Gasteiger partial charge on any atom is 0.224 e. The van der Waals surface area contributed by atoms with Crippen LogP contribution in [0.25, 0.3) is 0 Å². The smallest absolute Gasteiger partial charge is 0.224 e. The quantitative estimate of drug-likeness (QED) is 0.759. The topological polar surface area (TPSA) is 53.6 Å². The fourth-order valence-electron chi connectivity index (χ4n) is 3.24. The Balaban J connectivity index is 2.04. The van der Waals surface area contributed by atoms with E-state index in [4.69, 9.17) is 4.74 Å². The van der Waals surface area contributed by atoms with E-state index in [1.807, 2.05) is 26.8 Å². The molecule has 2 rings (SSSR count). The van der Waals surface area contributed by atoms with E-state index in [-0.39, 0.29) is 5.91 Å². The molecule has 0 spiro atoms. The van der Waals surface area contributed by atoms with Gasteiger partial charge in [-0.1, -0.05) is 19.9 Å². The Labute approximate surface area is 152 Å². The van der Waals surface area contributed by atoms with Gasteiger partial charge < -0.3 is 15.4 Å². The zero-order valence-corrected chi connectivity index (χ0v) is 16.1. The molecule has 0 saturated carbocycles. The molecule has 1 amide bonds. The molecule has 0 bridgehead atoms. The van der Waals surface area contributed by atoms with Crippen LogP contribution in [0.1, 0.15) is 39.7 Å². The number of ether oxygens (including phenoxy) is 1. The number of benzene rings is 1. The normalized spacial score (nSPS) is 16.7. The van der Waals surface area contributed by atoms with Crippen molar-refractivity contribution in [3.63, 3.8) is 0 Å². The molecule has 1 fully saturated rings. The molecule has 1 aliphatic rings. The molecule has 5 heteroatoms. The summed E-state index contributed by atoms with van der Waals surface area (Å²) in [5.74, 6) is 1.15. The number of rotatable bonds is 8. The standard InChI is InChI=1S/C20H33N3O2/c1-5-25-19-14-17(13-16(4)23-10-8-21-9-11-23)6-7-18(19)22-20(24)12-15(2)3/h6-7,14-16,21H,5,8-13H2,1-4H3,(H,22,24). The molecule has 0 aliphatic carbocycles. The van der Waals surface area contributed by atoms with Crippen molar-refractivity contribution in [2.75, 3.05) is 38.1 Å². The molecule has 2 N–H and O–H groups in total. The SMILES string of the molecule is CCOc1cc(CC(C)N2CCNCC2)ccc1NC(=O)CC(C)C. The van der Waals surface area contributed by atoms with Crippen LogP contribution < -0.4 is 15.4 Å². The fourth-order valence-corrected chi connectivity index (χ4v) is 3.24. The number of hydrogen-bond acceptors (Lipinski definition) is 4. The molecule has 1 heterocycles. The Morgan fingerprint density at radius 1 is 1.28 bits per heavy atom. The third kappa shape index (κ3) is 6.33. The van der Waals surface area contributed by atoms with E-state index in [0.29, 0.717) is 25.0 Å². The molecule has 1 aromatic carbocycles. The predicted octanol–water partition coefficient (Wildman–Crippen LogP) is 2.91. The second-order valence-electron chi connectivity index (χ2n) is 7.25. The van der Waals surface area contributed by atoms with Gasteiger partial charge in [-0.15, -0.1) is 0 Å². The Kier molecular flexibility index (Phi) is 7.72. The van der Waals surface area contributed by atoms with Crippen molar-refractivity contribution >= 4 is 11.6 Å². The number of carbonyl (C=O) groups excluding carboxylic acids is 1. The van der Waals surface area contributed by atoms with Gasteiger partial charge in [-0.3, -0.25) is 9.69 Å². The highest BCUT2D eigenvalue weighted by Gasteiger charge is 2.17. The lowest BCUT2D eigenvalue weighted by Crippen LogP contribution is -2.48. The number of carbonyl (C=O) groups is 1. The van der Waals surface area contributed by atoms with Crippen LogP contribution in [0, 0.1) is 5.92 Å². The van der Waals surface area contributed by atoms with Gasteiger partial charge in [0.2, 0.25) is 5.91 Å². The third-order valence-corrected chi connectivity index (χ3v) is 4.52. The highest BCUT2D eigenvalue weighted by Crippen LogP contribution is 2.27. The molecule has 0 radical (unpaired) electrons. The van der Waals surface area contributed by atoms with Crippen LogP contribution in [0.4, 0.5) is 5.69 Å². The Morgan fingerprint density at radius 3 is 2.64 bits per heavy atom. The molecule has 25 heavy (non-hydrogen) atoms. The van der Waals surface area contributed by atoms with Crippen LogP contribution in [0.3, 0.4) is 0 Å². The van der Waals surface area contributed by atoms with Gasteiger partial charge in [-0.25, -0.2) is 0 Å². The summed E-state index contributed by atoms with van der Waals surface area (Å²) in [4.78, 5) is 14.6. The Hall–Kier alpha value is -1.59. The lowest BCUT2D eigenvalue weighted by molar-refractivity contribution is -0.116. The van der Waals surface area contributed by atoms with Crippen LogP contribution >= 0.6 is 0 Å². The second-order valence-corrected chi connectivity index (χ2v) is 7.25. The highest BCUT2D eigenvalue weighted by molar-refractivity contribution is 5.92. The van der Waals surface area contributed by atoms with Crippen molar-refractivity contribution in [1.82, 2.24) is 10.2 Å². The number of amides is 1. The first-order chi connectivity index (χ1) is 12.0. The van der Waals surface area contributed by atoms with Gasteiger partial charge in [-0.2, -0.15) is 0 Å². The van der Waals surface area contributed by atoms with E-state index < -0.39 is 0 Å². The maximum atomic E-state index is 12.1. The van der Waals surface area contributed by atoms with Crippen LogP contribution in [0.2, 0.25) is 0 Å². The van der Waals surface area contributed by atoms with Crippen LogP contribution in [-0.2, 0) is 11.2 Å². The summed E-state index contributed by atoms with van der Waals surface area (Å²) in [6.07, 6.45) is 1.51. The van der Waals surface area contributed by atoms with Crippen molar-refractivity contribution in [2.45, 2.75) is 46.6 Å². The van der Waals surface area contributed by atoms with Crippen molar-refractivity contribution < 1.29 is 9.53 Å². The minimum atomic E-state index is 0.0397. The van der Waals surface area contributed by atoms with Crippen molar-refractivity contribution in [2.24, 2.45) is 5.92 Å². The van der Waals surface area contributed by atoms with Crippen LogP contribution in [0.5, 0.6) is 5.75 Å². The van der Waals surface area contributed by atoms with E-state index in [1.165, 1.54) is 5.56 Å². The lowest BCUT2D eigenvalue weighted by atomic mass is 10.0. The van der Waals surface area contributed by atoms with Crippen molar-refractivity contribution in [3.8, 4) is 5.75 Å². The summed E-state index contributed by atoms with van der Waals surface area (Å²) in [6, 6.07) is 6.65. The largest absolute Gasteiger partial charge is 0.492 e. The number of hydrogen-bond donors (Lipinski definition) is 2. The van der Waals surface area contributed by atoms with Crippen LogP contribution in [-0.4, -0.2) is 49.6 Å². The Bertz CT molecular complexity index is 554. The zero-order chi connectivity index (χ0) is 18.2. The summed E-state index contributed by atoms with van der Waals surface area (Å²) in [7, 11) is 0. The van der Waals surface area contributed by atoms with Crippen LogP contribution in [0.15, 0.2) is 18.2 Å². The number of piperazine rings is 1. The molecular weight excluding hydrogens is 314 g/mol. The summed E-state index contributed by atoms with van der Waals surface area (Å²) in [5, 5.41) is 6.38. The van der Waals surface area contributed by atoms with Gasteiger partial charge >= 0.3 is 0 Å². The van der Waals surface area contributed by atoms with E-state index in [2.05, 4.69) is 34.6 Å². The lowest BCUT2D eigenvalue weighted by Gasteiger charge is -2.33. The number of nitrogens with zero attached hydrogens (tertiary/aromatic N) is 1. The molecule has 140 valence electrons. The maximum absolute atomic E-state index is 12.1. The fraction of sp³-hybridized carbons (Fsp3) is 0.650. The average Bonchev–Trinajstić information content (AvgIpc) is 2.57. The minimum absolute atomic E-state index is 0.0397. The van der Waals surface area contributed by atoms with E-state index in [9.17, 15) is 4.79 Å². The number of nitrogens with one attached hydrogen (secondary N) is 2. The molecule has 1 saturated heterocycles. The molecule has 1 aliphatic heterocycles. The van der Waals surface area contributed by atoms with Gasteiger partial charge in [0.05, 0.1) is 12.3 Å². The first-order valence-electron chi connectivity index (χ1n) is 9.50. The zero-order valence-electron chi connectivity index (χ0n) is 16.1. The molecule has 0 aromatic heterocycles. The second kappa shape index (κ2) is 9.78. The first kappa shape index (κ1) is 19.7. The third-order valence-electron chi connectivity index (χ3n) is 4.52. The predicted molar refractivity (Wildman–Crippen MR) is 103 cm³/mol. The van der Waals surface area contributed by atoms with Gasteiger partial charge in [0, 0.05) is 38.6 Å². The van der Waals surface area contributed by atoms with Gasteiger partial charge in [-0.05, 0) is 43.9 Å². The van der Waals surface area contributed by atoms with E-state index >= 15 is 0 Å². The first-order valence-corrected chi connectivity index (χ1v) is 9.50. The summed E-state index contributed by atoms with van der Waals surface area (Å²) in [5.41, 5.74) is 2.02. The molecule has 1 atom stereocenters. The van der Waals surface area contributed by atoms with Crippen molar-refractivity contribution in [3.05, 3.63) is 23.8 Å². The molecule has 1 unspecified atom stereocenters. The van der Waals surface area contributed by atoms with E-state index in [0.717, 1.165) is 44.0 Å². The molecule has 1 aromatic rings. The van der Waals surface area contributed by atoms with E-state index in [1.54, 1.807) is 0 Å². The van der Waals surface area contributed by atoms with Gasteiger partial charge in [0.1, 0.15) is 5.75 Å². The Morgan fingerprint density at radius 2 is 2.00 bits per heavy atom. The van der Waals surface area contributed by atoms with Crippen molar-refractivity contribution in [1.29, 1.82) is 0 Å². The molecule has 5 nitrogen and oxygen atoms in total. The minimum Gasteiger partial charge on any atom is -0.492 e. The highest BCUT2D eigenvalue weighted by atomic mass is 16.5. The summed E-state index contributed by atoms with van der Waals surface area (Å²) in [6.45, 7) is 13.3. The monoisotopic (exact) mass is 347 g/mol. The average molecular weight is 348 g/mol. The number of anilines is 1. The summed E-state index contributed by atoms with van der Waals surface area (Å²) < 4.78 is 5.77. The van der Waals surface area contributed by atoms with Gasteiger partial charge in [0.25, 0.3) is 0 Å². The molecular formula is C20H33N3O2. The van der Waals surface area contributed by atoms with Gasteiger partial charge in [0.15, 0.2) is 0 Å².